The molecule has 0 aliphatic rings. The molecule has 5 heteroatoms. The van der Waals surface area contributed by atoms with Crippen LogP contribution in [0.3, 0.4) is 0 Å². The van der Waals surface area contributed by atoms with Gasteiger partial charge in [0.25, 0.3) is 10.1 Å². The predicted molar refractivity (Wildman–Crippen MR) is 77.7 cm³/mol. The van der Waals surface area contributed by atoms with Gasteiger partial charge in [-0.15, -0.1) is 0 Å². The third kappa shape index (κ3) is 3.20. The van der Waals surface area contributed by atoms with Crippen molar-refractivity contribution in [2.45, 2.75) is 0 Å². The minimum Gasteiger partial charge on any atom is -0.298 e. The molecule has 0 fully saturated rings. The van der Waals surface area contributed by atoms with E-state index >= 15 is 0 Å². The zero-order valence-electron chi connectivity index (χ0n) is 10.4. The Morgan fingerprint density at radius 2 is 1.55 bits per heavy atom. The fourth-order valence-corrected chi connectivity index (χ4v) is 2.56. The Labute approximate surface area is 117 Å². The maximum absolute atomic E-state index is 11.6. The summed E-state index contributed by atoms with van der Waals surface area (Å²) in [5.74, 6) is 0. The summed E-state index contributed by atoms with van der Waals surface area (Å²) in [7, 11) is -4.45. The molecule has 2 aromatic rings. The molecule has 0 spiro atoms. The van der Waals surface area contributed by atoms with Crippen molar-refractivity contribution in [3.63, 3.8) is 0 Å². The Kier molecular flexibility index (Phi) is 4.12. The molecule has 1 N–H and O–H groups in total. The highest BCUT2D eigenvalue weighted by Crippen LogP contribution is 2.25. The van der Waals surface area contributed by atoms with Crippen LogP contribution in [0.25, 0.3) is 11.0 Å². The van der Waals surface area contributed by atoms with Gasteiger partial charge >= 0.3 is 0 Å². The monoisotopic (exact) mass is 288 g/mol. The predicted octanol–water partition coefficient (Wildman–Crippen LogP) is 2.89. The zero-order chi connectivity index (χ0) is 14.6. The molecule has 0 atom stereocenters. The van der Waals surface area contributed by atoms with Crippen molar-refractivity contribution >= 4 is 27.4 Å². The highest BCUT2D eigenvalue weighted by molar-refractivity contribution is 7.95. The van der Waals surface area contributed by atoms with Gasteiger partial charge in [-0.3, -0.25) is 9.35 Å². The summed E-state index contributed by atoms with van der Waals surface area (Å²) in [6.45, 7) is 0. The minimum absolute atomic E-state index is 0.175. The van der Waals surface area contributed by atoms with Gasteiger partial charge in [-0.25, -0.2) is 0 Å². The average Bonchev–Trinajstić information content (AvgIpc) is 2.45. The van der Waals surface area contributed by atoms with E-state index in [4.69, 9.17) is 0 Å². The van der Waals surface area contributed by atoms with Crippen molar-refractivity contribution in [1.29, 1.82) is 0 Å². The largest absolute Gasteiger partial charge is 0.298 e. The van der Waals surface area contributed by atoms with Crippen molar-refractivity contribution in [3.8, 4) is 0 Å². The SMILES string of the molecule is O=Cc1ccccc1C(=Cc1ccccc1)S(=O)(=O)O. The summed E-state index contributed by atoms with van der Waals surface area (Å²) >= 11 is 0. The summed E-state index contributed by atoms with van der Waals surface area (Å²) in [5, 5.41) is 0. The number of carbonyl (C=O) groups excluding carboxylic acids is 1. The first-order valence-corrected chi connectivity index (χ1v) is 7.25. The van der Waals surface area contributed by atoms with Gasteiger partial charge in [-0.2, -0.15) is 8.42 Å². The van der Waals surface area contributed by atoms with Crippen LogP contribution >= 0.6 is 0 Å². The second kappa shape index (κ2) is 5.81. The Hall–Kier alpha value is -2.24. The summed E-state index contributed by atoms with van der Waals surface area (Å²) in [4.78, 5) is 10.7. The molecule has 0 heterocycles. The van der Waals surface area contributed by atoms with Crippen LogP contribution < -0.4 is 0 Å². The van der Waals surface area contributed by atoms with Crippen LogP contribution in [-0.4, -0.2) is 19.3 Å². The van der Waals surface area contributed by atoms with Gasteiger partial charge in [0.05, 0.1) is 0 Å². The normalized spacial score (nSPS) is 12.2. The molecule has 0 aliphatic heterocycles. The molecule has 4 nitrogen and oxygen atoms in total. The van der Waals surface area contributed by atoms with E-state index in [2.05, 4.69) is 0 Å². The second-order valence-corrected chi connectivity index (χ2v) is 5.49. The number of aldehydes is 1. The van der Waals surface area contributed by atoms with E-state index in [1.165, 1.54) is 18.2 Å². The van der Waals surface area contributed by atoms with Crippen molar-refractivity contribution in [1.82, 2.24) is 0 Å². The summed E-state index contributed by atoms with van der Waals surface area (Å²) < 4.78 is 32.6. The standard InChI is InChI=1S/C15H12O4S/c16-11-13-8-4-5-9-14(13)15(20(17,18)19)10-12-6-2-1-3-7-12/h1-11H,(H,17,18,19). The molecular weight excluding hydrogens is 276 g/mol. The first-order chi connectivity index (χ1) is 9.52. The fourth-order valence-electron chi connectivity index (χ4n) is 1.82. The number of benzene rings is 2. The molecule has 0 aromatic heterocycles. The molecule has 0 unspecified atom stereocenters. The van der Waals surface area contributed by atoms with E-state index < -0.39 is 10.1 Å². The molecule has 2 aromatic carbocycles. The third-order valence-corrected chi connectivity index (χ3v) is 3.62. The molecule has 2 rings (SSSR count). The lowest BCUT2D eigenvalue weighted by Gasteiger charge is -2.07. The summed E-state index contributed by atoms with van der Waals surface area (Å²) in [6.07, 6.45) is 1.89. The lowest BCUT2D eigenvalue weighted by molar-refractivity contribution is 0.112. The molecule has 0 aliphatic carbocycles. The van der Waals surface area contributed by atoms with Gasteiger partial charge in [0.15, 0.2) is 6.29 Å². The molecule has 0 radical (unpaired) electrons. The third-order valence-electron chi connectivity index (χ3n) is 2.73. The van der Waals surface area contributed by atoms with Crippen LogP contribution in [0.15, 0.2) is 54.6 Å². The number of rotatable bonds is 4. The Bertz CT molecular complexity index is 746. The average molecular weight is 288 g/mol. The molecule has 20 heavy (non-hydrogen) atoms. The summed E-state index contributed by atoms with van der Waals surface area (Å²) in [6, 6.07) is 14.9. The van der Waals surface area contributed by atoms with Crippen LogP contribution in [-0.2, 0) is 10.1 Å². The smallest absolute Gasteiger partial charge is 0.295 e. The first-order valence-electron chi connectivity index (χ1n) is 5.81. The van der Waals surface area contributed by atoms with Gasteiger partial charge in [-0.1, -0.05) is 54.6 Å². The fraction of sp³-hybridized carbons (Fsp3) is 0. The van der Waals surface area contributed by atoms with Crippen LogP contribution in [0.5, 0.6) is 0 Å². The van der Waals surface area contributed by atoms with E-state index in [-0.39, 0.29) is 16.0 Å². The van der Waals surface area contributed by atoms with Crippen molar-refractivity contribution in [2.24, 2.45) is 0 Å². The Morgan fingerprint density at radius 3 is 2.15 bits per heavy atom. The first kappa shape index (κ1) is 14.2. The van der Waals surface area contributed by atoms with Crippen LogP contribution in [0.1, 0.15) is 21.5 Å². The van der Waals surface area contributed by atoms with E-state index in [0.29, 0.717) is 11.8 Å². The topological polar surface area (TPSA) is 71.4 Å². The second-order valence-electron chi connectivity index (χ2n) is 4.10. The lowest BCUT2D eigenvalue weighted by atomic mass is 10.1. The Morgan fingerprint density at radius 1 is 0.950 bits per heavy atom. The van der Waals surface area contributed by atoms with E-state index in [9.17, 15) is 17.8 Å². The maximum Gasteiger partial charge on any atom is 0.295 e. The van der Waals surface area contributed by atoms with Gasteiger partial charge in [-0.05, 0) is 11.6 Å². The van der Waals surface area contributed by atoms with Gasteiger partial charge in [0.2, 0.25) is 0 Å². The number of carbonyl (C=O) groups is 1. The van der Waals surface area contributed by atoms with Gasteiger partial charge in [0.1, 0.15) is 4.91 Å². The van der Waals surface area contributed by atoms with Gasteiger partial charge in [0, 0.05) is 11.1 Å². The van der Waals surface area contributed by atoms with Crippen LogP contribution in [0, 0.1) is 0 Å². The van der Waals surface area contributed by atoms with Crippen molar-refractivity contribution in [3.05, 3.63) is 71.3 Å². The van der Waals surface area contributed by atoms with Crippen molar-refractivity contribution in [2.75, 3.05) is 0 Å². The number of hydrogen-bond acceptors (Lipinski definition) is 3. The van der Waals surface area contributed by atoms with Crippen molar-refractivity contribution < 1.29 is 17.8 Å². The molecule has 102 valence electrons. The highest BCUT2D eigenvalue weighted by atomic mass is 32.2. The molecular formula is C15H12O4S. The maximum atomic E-state index is 11.6. The highest BCUT2D eigenvalue weighted by Gasteiger charge is 2.19. The quantitative estimate of drug-likeness (QED) is 0.533. The molecule has 0 bridgehead atoms. The Balaban J connectivity index is 2.67. The summed E-state index contributed by atoms with van der Waals surface area (Å²) in [5.41, 5.74) is 0.988. The van der Waals surface area contributed by atoms with E-state index in [0.717, 1.165) is 0 Å². The minimum atomic E-state index is -4.45. The number of hydrogen-bond donors (Lipinski definition) is 1. The van der Waals surface area contributed by atoms with Gasteiger partial charge < -0.3 is 0 Å². The van der Waals surface area contributed by atoms with E-state index in [1.807, 2.05) is 0 Å². The molecule has 0 saturated carbocycles. The zero-order valence-corrected chi connectivity index (χ0v) is 11.2. The molecule has 0 saturated heterocycles. The lowest BCUT2D eigenvalue weighted by Crippen LogP contribution is -2.03. The van der Waals surface area contributed by atoms with E-state index in [1.54, 1.807) is 42.5 Å². The van der Waals surface area contributed by atoms with Crippen LogP contribution in [0.2, 0.25) is 0 Å². The molecule has 0 amide bonds. The van der Waals surface area contributed by atoms with Crippen LogP contribution in [0.4, 0.5) is 0 Å².